The summed E-state index contributed by atoms with van der Waals surface area (Å²) in [6, 6.07) is 0. The third-order valence-electron chi connectivity index (χ3n) is 3.65. The Bertz CT molecular complexity index is 359. The number of hydrogen-bond donors (Lipinski definition) is 0. The second-order valence-electron chi connectivity index (χ2n) is 6.00. The summed E-state index contributed by atoms with van der Waals surface area (Å²) in [7, 11) is 0. The molecule has 0 rings (SSSR count). The molecule has 7 heteroatoms. The van der Waals surface area contributed by atoms with Crippen LogP contribution in [0.25, 0.3) is 0 Å². The summed E-state index contributed by atoms with van der Waals surface area (Å²) in [4.78, 5) is 32.6. The van der Waals surface area contributed by atoms with Crippen molar-refractivity contribution in [2.45, 2.75) is 84.0 Å². The maximum Gasteiger partial charge on any atom is 1.00 e. The summed E-state index contributed by atoms with van der Waals surface area (Å²) in [5.41, 5.74) is 0. The molecule has 0 aliphatic rings. The van der Waals surface area contributed by atoms with Crippen LogP contribution < -0.4 is 56.5 Å². The van der Waals surface area contributed by atoms with E-state index in [-0.39, 0.29) is 57.8 Å². The van der Waals surface area contributed by atoms with Crippen LogP contribution in [0.1, 0.15) is 84.0 Å². The van der Waals surface area contributed by atoms with Crippen LogP contribution in [-0.2, 0) is 23.9 Å². The third-order valence-corrected chi connectivity index (χ3v) is 3.65. The van der Waals surface area contributed by atoms with E-state index < -0.39 is 31.1 Å². The minimum atomic E-state index is -1.42. The van der Waals surface area contributed by atoms with Crippen molar-refractivity contribution in [2.24, 2.45) is 0 Å². The van der Waals surface area contributed by atoms with Crippen LogP contribution in [0.5, 0.6) is 0 Å². The number of aliphatic carboxylic acids is 1. The molecule has 0 N–H and O–H groups in total. The Morgan fingerprint density at radius 1 is 0.720 bits per heavy atom. The molecule has 6 nitrogen and oxygen atoms in total. The van der Waals surface area contributed by atoms with E-state index in [0.717, 1.165) is 12.8 Å². The average Bonchev–Trinajstić information content (AvgIpc) is 2.52. The zero-order valence-corrected chi connectivity index (χ0v) is 19.0. The zero-order chi connectivity index (χ0) is 18.0. The minimum Gasteiger partial charge on any atom is -0.548 e. The van der Waals surface area contributed by atoms with Crippen molar-refractivity contribution in [1.29, 1.82) is 0 Å². The van der Waals surface area contributed by atoms with E-state index in [1.165, 1.54) is 51.4 Å². The first-order valence-electron chi connectivity index (χ1n) is 9.07. The Labute approximate surface area is 193 Å². The maximum atomic E-state index is 11.4. The van der Waals surface area contributed by atoms with Crippen molar-refractivity contribution in [3.8, 4) is 0 Å². The predicted octanol–water partition coefficient (Wildman–Crippen LogP) is -0.472. The van der Waals surface area contributed by atoms with E-state index in [9.17, 15) is 19.5 Å². The van der Waals surface area contributed by atoms with Gasteiger partial charge in [0.15, 0.2) is 0 Å². The number of carbonyl (C=O) groups excluding carboxylic acids is 3. The molecule has 0 saturated heterocycles. The van der Waals surface area contributed by atoms with Crippen molar-refractivity contribution in [3.05, 3.63) is 0 Å². The summed E-state index contributed by atoms with van der Waals surface area (Å²) >= 11 is 0. The predicted molar refractivity (Wildman–Crippen MR) is 88.0 cm³/mol. The van der Waals surface area contributed by atoms with Crippen molar-refractivity contribution in [2.75, 3.05) is 13.2 Å². The van der Waals surface area contributed by atoms with Gasteiger partial charge in [0.25, 0.3) is 0 Å². The molecule has 0 radical (unpaired) electrons. The molecule has 0 aromatic rings. The van der Waals surface area contributed by atoms with Gasteiger partial charge in [0, 0.05) is 6.42 Å². The second kappa shape index (κ2) is 20.5. The van der Waals surface area contributed by atoms with Gasteiger partial charge in [-0.25, -0.2) is 4.79 Å². The molecule has 0 unspecified atom stereocenters. The third kappa shape index (κ3) is 22.2. The maximum absolute atomic E-state index is 11.4. The topological polar surface area (TPSA) is 92.7 Å². The summed E-state index contributed by atoms with van der Waals surface area (Å²) in [6.07, 6.45) is 13.2. The molecule has 0 aromatic carbocycles. The second-order valence-corrected chi connectivity index (χ2v) is 6.00. The van der Waals surface area contributed by atoms with Crippen LogP contribution in [0, 0.1) is 0 Å². The standard InChI is InChI=1S/C18H32O6.K/c1-2-3-4-5-6-7-8-9-10-11-12-13-17(21)24-18(22)15-23-14-16(19)20;/h2-15H2,1H3,(H,19,20);/q;+1/p-1. The first-order chi connectivity index (χ1) is 11.6. The molecule has 0 atom stereocenters. The van der Waals surface area contributed by atoms with Gasteiger partial charge in [0.2, 0.25) is 0 Å². The molecule has 140 valence electrons. The largest absolute Gasteiger partial charge is 1.00 e. The quantitative estimate of drug-likeness (QED) is 0.155. The number of carboxylic acids is 1. The summed E-state index contributed by atoms with van der Waals surface area (Å²) in [5.74, 6) is -2.88. The number of unbranched alkanes of at least 4 members (excludes halogenated alkanes) is 10. The van der Waals surface area contributed by atoms with Crippen molar-refractivity contribution < 1.29 is 80.3 Å². The van der Waals surface area contributed by atoms with Gasteiger partial charge in [-0.15, -0.1) is 0 Å². The van der Waals surface area contributed by atoms with Crippen molar-refractivity contribution in [3.63, 3.8) is 0 Å². The molecule has 0 bridgehead atoms. The van der Waals surface area contributed by atoms with Crippen molar-refractivity contribution >= 4 is 17.9 Å². The minimum absolute atomic E-state index is 0. The van der Waals surface area contributed by atoms with Crippen molar-refractivity contribution in [1.82, 2.24) is 0 Å². The molecule has 25 heavy (non-hydrogen) atoms. The Morgan fingerprint density at radius 3 is 1.68 bits per heavy atom. The number of carbonyl (C=O) groups is 3. The van der Waals surface area contributed by atoms with Crippen LogP contribution in [-0.4, -0.2) is 31.1 Å². The fraction of sp³-hybridized carbons (Fsp3) is 0.833. The molecule has 0 aliphatic heterocycles. The van der Waals surface area contributed by atoms with E-state index in [1.807, 2.05) is 0 Å². The number of hydrogen-bond acceptors (Lipinski definition) is 6. The van der Waals surface area contributed by atoms with Gasteiger partial charge in [0.1, 0.15) is 6.61 Å². The van der Waals surface area contributed by atoms with E-state index in [2.05, 4.69) is 16.4 Å². The number of esters is 2. The molecule has 0 spiro atoms. The van der Waals surface area contributed by atoms with E-state index in [4.69, 9.17) is 0 Å². The number of carboxylic acid groups (broad SMARTS) is 1. The SMILES string of the molecule is CCCCCCCCCCCCCC(=O)OC(=O)COCC(=O)[O-].[K+]. The van der Waals surface area contributed by atoms with Crippen LogP contribution in [0.2, 0.25) is 0 Å². The van der Waals surface area contributed by atoms with E-state index >= 15 is 0 Å². The van der Waals surface area contributed by atoms with Gasteiger partial charge >= 0.3 is 63.3 Å². The van der Waals surface area contributed by atoms with Gasteiger partial charge in [0.05, 0.1) is 12.6 Å². The monoisotopic (exact) mass is 382 g/mol. The summed E-state index contributed by atoms with van der Waals surface area (Å²) in [5, 5.41) is 10.1. The van der Waals surface area contributed by atoms with Crippen LogP contribution in [0.4, 0.5) is 0 Å². The van der Waals surface area contributed by atoms with E-state index in [1.54, 1.807) is 0 Å². The molecular weight excluding hydrogens is 351 g/mol. The summed E-state index contributed by atoms with van der Waals surface area (Å²) in [6.45, 7) is 0.969. The van der Waals surface area contributed by atoms with Gasteiger partial charge in [-0.05, 0) is 6.42 Å². The van der Waals surface area contributed by atoms with Crippen LogP contribution in [0.3, 0.4) is 0 Å². The van der Waals surface area contributed by atoms with Gasteiger partial charge in [-0.3, -0.25) is 4.79 Å². The molecule has 0 amide bonds. The first-order valence-corrected chi connectivity index (χ1v) is 9.07. The Kier molecular flexibility index (Phi) is 22.5. The molecule has 0 aromatic heterocycles. The fourth-order valence-corrected chi connectivity index (χ4v) is 2.36. The normalized spacial score (nSPS) is 10.1. The first kappa shape index (κ1) is 27.4. The van der Waals surface area contributed by atoms with Gasteiger partial charge in [-0.1, -0.05) is 71.1 Å². The Hall–Kier alpha value is 0.206. The zero-order valence-electron chi connectivity index (χ0n) is 15.8. The summed E-state index contributed by atoms with van der Waals surface area (Å²) < 4.78 is 8.99. The van der Waals surface area contributed by atoms with Gasteiger partial charge < -0.3 is 19.4 Å². The Morgan fingerprint density at radius 2 is 1.20 bits per heavy atom. The van der Waals surface area contributed by atoms with Crippen LogP contribution >= 0.6 is 0 Å². The molecule has 0 fully saturated rings. The molecule has 0 aliphatic carbocycles. The molecule has 0 heterocycles. The van der Waals surface area contributed by atoms with Crippen LogP contribution in [0.15, 0.2) is 0 Å². The average molecular weight is 383 g/mol. The molecule has 0 saturated carbocycles. The van der Waals surface area contributed by atoms with Gasteiger partial charge in [-0.2, -0.15) is 0 Å². The van der Waals surface area contributed by atoms with E-state index in [0.29, 0.717) is 6.42 Å². The fourth-order valence-electron chi connectivity index (χ4n) is 2.36. The number of ether oxygens (including phenoxy) is 2. The smallest absolute Gasteiger partial charge is 0.548 e. The molecular formula is C18H31KO6. The number of rotatable bonds is 16. The Balaban J connectivity index is 0.